The van der Waals surface area contributed by atoms with Crippen molar-refractivity contribution in [3.63, 3.8) is 0 Å². The van der Waals surface area contributed by atoms with Crippen LogP contribution in [0.25, 0.3) is 0 Å². The van der Waals surface area contributed by atoms with Crippen molar-refractivity contribution >= 4 is 0 Å². The van der Waals surface area contributed by atoms with Gasteiger partial charge in [-0.2, -0.15) is 0 Å². The van der Waals surface area contributed by atoms with Crippen LogP contribution >= 0.6 is 0 Å². The number of hydrogen-bond acceptors (Lipinski definition) is 1. The molecule has 1 aliphatic rings. The van der Waals surface area contributed by atoms with Gasteiger partial charge in [0.2, 0.25) is 0 Å². The monoisotopic (exact) mass is 239 g/mol. The minimum atomic E-state index is 0.466. The maximum atomic E-state index is 3.84. The van der Waals surface area contributed by atoms with E-state index in [9.17, 15) is 0 Å². The third-order valence-corrected chi connectivity index (χ3v) is 4.54. The molecular formula is C16H33N. The third kappa shape index (κ3) is 4.99. The molecule has 0 aromatic carbocycles. The molecule has 102 valence electrons. The maximum absolute atomic E-state index is 3.84. The largest absolute Gasteiger partial charge is 0.313 e. The first-order chi connectivity index (χ1) is 7.87. The molecule has 0 bridgehead atoms. The highest BCUT2D eigenvalue weighted by atomic mass is 14.9. The lowest BCUT2D eigenvalue weighted by molar-refractivity contribution is 0.231. The molecule has 1 rings (SSSR count). The molecular weight excluding hydrogens is 206 g/mol. The van der Waals surface area contributed by atoms with Crippen LogP contribution in [0, 0.1) is 10.8 Å². The van der Waals surface area contributed by atoms with Crippen LogP contribution in [0.2, 0.25) is 0 Å². The highest BCUT2D eigenvalue weighted by Crippen LogP contribution is 2.37. The molecule has 1 unspecified atom stereocenters. The van der Waals surface area contributed by atoms with E-state index in [0.717, 1.165) is 6.04 Å². The van der Waals surface area contributed by atoms with E-state index in [0.29, 0.717) is 10.8 Å². The predicted octanol–water partition coefficient (Wildman–Crippen LogP) is 4.76. The van der Waals surface area contributed by atoms with E-state index in [-0.39, 0.29) is 0 Å². The van der Waals surface area contributed by atoms with Crippen molar-refractivity contribution in [3.05, 3.63) is 0 Å². The van der Waals surface area contributed by atoms with Crippen molar-refractivity contribution in [2.75, 3.05) is 6.54 Å². The number of rotatable bonds is 7. The van der Waals surface area contributed by atoms with Crippen LogP contribution in [0.4, 0.5) is 0 Å². The van der Waals surface area contributed by atoms with Crippen molar-refractivity contribution in [2.45, 2.75) is 85.6 Å². The lowest BCUT2D eigenvalue weighted by Crippen LogP contribution is -2.42. The van der Waals surface area contributed by atoms with Crippen molar-refractivity contribution in [1.82, 2.24) is 5.32 Å². The van der Waals surface area contributed by atoms with Crippen LogP contribution in [-0.4, -0.2) is 12.6 Å². The standard InChI is InChI=1S/C16H33N/c1-6-7-8-11-15(2,3)13-17-14-10-9-12-16(14,4)5/h14,17H,6-13H2,1-5H3. The van der Waals surface area contributed by atoms with Crippen molar-refractivity contribution in [2.24, 2.45) is 10.8 Å². The molecule has 0 saturated heterocycles. The fourth-order valence-corrected chi connectivity index (χ4v) is 3.05. The van der Waals surface area contributed by atoms with E-state index in [1.807, 2.05) is 0 Å². The van der Waals surface area contributed by atoms with Gasteiger partial charge in [-0.1, -0.05) is 60.3 Å². The normalized spacial score (nSPS) is 24.2. The van der Waals surface area contributed by atoms with Gasteiger partial charge in [-0.05, 0) is 30.1 Å². The summed E-state index contributed by atoms with van der Waals surface area (Å²) in [5.41, 5.74) is 0.980. The predicted molar refractivity (Wildman–Crippen MR) is 77.3 cm³/mol. The summed E-state index contributed by atoms with van der Waals surface area (Å²) < 4.78 is 0. The fourth-order valence-electron chi connectivity index (χ4n) is 3.05. The zero-order chi connectivity index (χ0) is 12.9. The summed E-state index contributed by atoms with van der Waals surface area (Å²) >= 11 is 0. The summed E-state index contributed by atoms with van der Waals surface area (Å²) in [6, 6.07) is 0.743. The Morgan fingerprint density at radius 2 is 1.94 bits per heavy atom. The van der Waals surface area contributed by atoms with Gasteiger partial charge in [0.15, 0.2) is 0 Å². The van der Waals surface area contributed by atoms with Crippen LogP contribution in [0.5, 0.6) is 0 Å². The zero-order valence-electron chi connectivity index (χ0n) is 12.7. The molecule has 17 heavy (non-hydrogen) atoms. The summed E-state index contributed by atoms with van der Waals surface area (Å²) in [5.74, 6) is 0. The Labute approximate surface area is 109 Å². The van der Waals surface area contributed by atoms with Gasteiger partial charge in [-0.3, -0.25) is 0 Å². The first kappa shape index (κ1) is 15.0. The fraction of sp³-hybridized carbons (Fsp3) is 1.00. The highest BCUT2D eigenvalue weighted by Gasteiger charge is 2.34. The van der Waals surface area contributed by atoms with E-state index in [2.05, 4.69) is 39.9 Å². The average Bonchev–Trinajstić information content (AvgIpc) is 2.55. The first-order valence-electron chi connectivity index (χ1n) is 7.61. The van der Waals surface area contributed by atoms with Crippen LogP contribution in [-0.2, 0) is 0 Å². The van der Waals surface area contributed by atoms with Crippen molar-refractivity contribution in [1.29, 1.82) is 0 Å². The molecule has 1 N–H and O–H groups in total. The number of hydrogen-bond donors (Lipinski definition) is 1. The molecule has 0 aromatic rings. The second-order valence-electron chi connectivity index (χ2n) is 7.44. The van der Waals surface area contributed by atoms with Gasteiger partial charge < -0.3 is 5.32 Å². The second-order valence-corrected chi connectivity index (χ2v) is 7.44. The maximum Gasteiger partial charge on any atom is 0.0118 e. The summed E-state index contributed by atoms with van der Waals surface area (Å²) in [6.07, 6.45) is 9.64. The van der Waals surface area contributed by atoms with Crippen LogP contribution in [0.15, 0.2) is 0 Å². The highest BCUT2D eigenvalue weighted by molar-refractivity contribution is 4.91. The minimum absolute atomic E-state index is 0.466. The molecule has 1 heteroatoms. The molecule has 0 aliphatic heterocycles. The number of nitrogens with one attached hydrogen (secondary N) is 1. The van der Waals surface area contributed by atoms with Gasteiger partial charge >= 0.3 is 0 Å². The molecule has 1 aliphatic carbocycles. The smallest absolute Gasteiger partial charge is 0.0118 e. The summed E-state index contributed by atoms with van der Waals surface area (Å²) in [7, 11) is 0. The zero-order valence-corrected chi connectivity index (χ0v) is 12.7. The summed E-state index contributed by atoms with van der Waals surface area (Å²) in [4.78, 5) is 0. The van der Waals surface area contributed by atoms with Gasteiger partial charge in [0.05, 0.1) is 0 Å². The van der Waals surface area contributed by atoms with Crippen LogP contribution < -0.4 is 5.32 Å². The molecule has 1 fully saturated rings. The van der Waals surface area contributed by atoms with E-state index in [4.69, 9.17) is 0 Å². The Balaban J connectivity index is 2.28. The van der Waals surface area contributed by atoms with Gasteiger partial charge in [0, 0.05) is 12.6 Å². The molecule has 1 atom stereocenters. The Morgan fingerprint density at radius 1 is 1.24 bits per heavy atom. The average molecular weight is 239 g/mol. The summed E-state index contributed by atoms with van der Waals surface area (Å²) in [5, 5.41) is 3.84. The third-order valence-electron chi connectivity index (χ3n) is 4.54. The molecule has 1 nitrogen and oxygen atoms in total. The lowest BCUT2D eigenvalue weighted by Gasteiger charge is -2.33. The Morgan fingerprint density at radius 3 is 2.47 bits per heavy atom. The second kappa shape index (κ2) is 6.22. The van der Waals surface area contributed by atoms with Gasteiger partial charge in [0.25, 0.3) is 0 Å². The van der Waals surface area contributed by atoms with Gasteiger partial charge in [0.1, 0.15) is 0 Å². The number of unbranched alkanes of at least 4 members (excludes halogenated alkanes) is 2. The molecule has 1 saturated carbocycles. The lowest BCUT2D eigenvalue weighted by atomic mass is 9.84. The Kier molecular flexibility index (Phi) is 5.50. The van der Waals surface area contributed by atoms with E-state index in [1.165, 1.54) is 51.5 Å². The molecule has 0 radical (unpaired) electrons. The summed E-state index contributed by atoms with van der Waals surface area (Å²) in [6.45, 7) is 13.1. The van der Waals surface area contributed by atoms with Crippen LogP contribution in [0.1, 0.15) is 79.6 Å². The molecule has 0 spiro atoms. The molecule has 0 aromatic heterocycles. The molecule has 0 heterocycles. The van der Waals surface area contributed by atoms with Crippen molar-refractivity contribution in [3.8, 4) is 0 Å². The van der Waals surface area contributed by atoms with Crippen molar-refractivity contribution < 1.29 is 0 Å². The van der Waals surface area contributed by atoms with Gasteiger partial charge in [-0.15, -0.1) is 0 Å². The molecule has 0 amide bonds. The topological polar surface area (TPSA) is 12.0 Å². The Hall–Kier alpha value is -0.0400. The van der Waals surface area contributed by atoms with Gasteiger partial charge in [-0.25, -0.2) is 0 Å². The van der Waals surface area contributed by atoms with E-state index >= 15 is 0 Å². The quantitative estimate of drug-likeness (QED) is 0.632. The Bertz CT molecular complexity index is 218. The van der Waals surface area contributed by atoms with Crippen LogP contribution in [0.3, 0.4) is 0 Å². The van der Waals surface area contributed by atoms with E-state index < -0.39 is 0 Å². The SMILES string of the molecule is CCCCCC(C)(C)CNC1CCCC1(C)C. The van der Waals surface area contributed by atoms with E-state index in [1.54, 1.807) is 0 Å². The minimum Gasteiger partial charge on any atom is -0.313 e. The first-order valence-corrected chi connectivity index (χ1v) is 7.61.